The van der Waals surface area contributed by atoms with Crippen LogP contribution in [0.5, 0.6) is 5.75 Å². The number of benzene rings is 1. The zero-order valence-electron chi connectivity index (χ0n) is 8.03. The highest BCUT2D eigenvalue weighted by molar-refractivity contribution is 14.1. The Bertz CT molecular complexity index is 534. The Morgan fingerprint density at radius 3 is 2.67 bits per heavy atom. The van der Waals surface area contributed by atoms with E-state index in [4.69, 9.17) is 9.15 Å². The highest BCUT2D eigenvalue weighted by Gasteiger charge is 2.20. The molecule has 0 N–H and O–H groups in total. The number of hydrogen-bond donors (Lipinski definition) is 0. The van der Waals surface area contributed by atoms with Crippen molar-refractivity contribution in [2.24, 2.45) is 0 Å². The molecule has 0 amide bonds. The van der Waals surface area contributed by atoms with Gasteiger partial charge in [0.05, 0.1) is 16.1 Å². The largest absolute Gasteiger partial charge is 0.493 e. The maximum Gasteiger partial charge on any atom is 0.180 e. The Labute approximate surface area is 98.3 Å². The molecular weight excluding hydrogens is 317 g/mol. The average Bonchev–Trinajstić information content (AvgIpc) is 2.50. The van der Waals surface area contributed by atoms with Gasteiger partial charge in [0.2, 0.25) is 0 Å². The molecule has 0 radical (unpaired) electrons. The van der Waals surface area contributed by atoms with E-state index in [2.05, 4.69) is 0 Å². The van der Waals surface area contributed by atoms with Crippen molar-refractivity contribution in [1.29, 1.82) is 0 Å². The minimum absolute atomic E-state index is 0.143. The molecule has 1 aromatic heterocycles. The zero-order valence-corrected chi connectivity index (χ0v) is 10.2. The molecule has 0 aliphatic carbocycles. The summed E-state index contributed by atoms with van der Waals surface area (Å²) in [5.74, 6) is -1.08. The van der Waals surface area contributed by atoms with Crippen molar-refractivity contribution in [2.75, 3.05) is 7.11 Å². The number of hydrogen-bond acceptors (Lipinski definition) is 2. The van der Waals surface area contributed by atoms with E-state index in [-0.39, 0.29) is 16.7 Å². The second kappa shape index (κ2) is 3.62. The van der Waals surface area contributed by atoms with Crippen molar-refractivity contribution >= 4 is 33.6 Å². The van der Waals surface area contributed by atoms with Crippen molar-refractivity contribution in [3.8, 4) is 5.75 Å². The Kier molecular flexibility index (Phi) is 2.57. The fourth-order valence-electron chi connectivity index (χ4n) is 1.41. The van der Waals surface area contributed by atoms with Crippen LogP contribution in [0.15, 0.2) is 10.5 Å². The van der Waals surface area contributed by atoms with Gasteiger partial charge in [0.25, 0.3) is 0 Å². The molecular formula is C10H7F2IO2. The van der Waals surface area contributed by atoms with E-state index < -0.39 is 11.6 Å². The number of aryl methyl sites for hydroxylation is 1. The molecule has 0 aliphatic rings. The summed E-state index contributed by atoms with van der Waals surface area (Å²) in [5.41, 5.74) is 0.248. The second-order valence-corrected chi connectivity index (χ2v) is 4.13. The molecule has 2 nitrogen and oxygen atoms in total. The van der Waals surface area contributed by atoms with E-state index in [1.165, 1.54) is 7.11 Å². The van der Waals surface area contributed by atoms with Gasteiger partial charge in [0.1, 0.15) is 5.76 Å². The fourth-order valence-corrected chi connectivity index (χ4v) is 2.00. The van der Waals surface area contributed by atoms with Gasteiger partial charge < -0.3 is 9.15 Å². The quantitative estimate of drug-likeness (QED) is 0.748. The molecule has 2 rings (SSSR count). The molecule has 2 aromatic rings. The Morgan fingerprint density at radius 1 is 1.40 bits per heavy atom. The fraction of sp³-hybridized carbons (Fsp3) is 0.200. The topological polar surface area (TPSA) is 22.4 Å². The SMILES string of the molecule is COc1cc(F)c(F)c2c(I)c(C)oc12. The van der Waals surface area contributed by atoms with Crippen LogP contribution in [0, 0.1) is 22.1 Å². The Morgan fingerprint density at radius 2 is 2.07 bits per heavy atom. The molecule has 0 fully saturated rings. The first kappa shape index (κ1) is 10.7. The first-order chi connectivity index (χ1) is 7.06. The third-order valence-electron chi connectivity index (χ3n) is 2.14. The number of halogens is 3. The number of fused-ring (bicyclic) bond motifs is 1. The summed E-state index contributed by atoms with van der Waals surface area (Å²) in [7, 11) is 1.39. The van der Waals surface area contributed by atoms with Gasteiger partial charge in [-0.3, -0.25) is 0 Å². The van der Waals surface area contributed by atoms with Crippen LogP contribution in [0.25, 0.3) is 11.0 Å². The second-order valence-electron chi connectivity index (χ2n) is 3.05. The molecule has 0 bridgehead atoms. The van der Waals surface area contributed by atoms with Crippen LogP contribution in [0.2, 0.25) is 0 Å². The molecule has 0 atom stereocenters. The lowest BCUT2D eigenvalue weighted by molar-refractivity contribution is 0.402. The molecule has 80 valence electrons. The number of ether oxygens (including phenoxy) is 1. The van der Waals surface area contributed by atoms with Gasteiger partial charge in [0, 0.05) is 6.07 Å². The van der Waals surface area contributed by atoms with Crippen molar-refractivity contribution < 1.29 is 17.9 Å². The predicted molar refractivity (Wildman–Crippen MR) is 60.1 cm³/mol. The van der Waals surface area contributed by atoms with Gasteiger partial charge >= 0.3 is 0 Å². The van der Waals surface area contributed by atoms with Crippen molar-refractivity contribution in [3.63, 3.8) is 0 Å². The van der Waals surface area contributed by atoms with Crippen molar-refractivity contribution in [2.45, 2.75) is 6.92 Å². The zero-order chi connectivity index (χ0) is 11.2. The summed E-state index contributed by atoms with van der Waals surface area (Å²) in [6.45, 7) is 1.69. The van der Waals surface area contributed by atoms with E-state index in [1.807, 2.05) is 22.6 Å². The normalized spacial score (nSPS) is 11.0. The van der Waals surface area contributed by atoms with Crippen LogP contribution in [0.3, 0.4) is 0 Å². The van der Waals surface area contributed by atoms with E-state index in [1.54, 1.807) is 6.92 Å². The summed E-state index contributed by atoms with van der Waals surface area (Å²) < 4.78 is 37.5. The standard InChI is InChI=1S/C10H7F2IO2/c1-4-9(13)7-8(12)5(11)3-6(14-2)10(7)15-4/h3H,1-2H3. The summed E-state index contributed by atoms with van der Waals surface area (Å²) in [6, 6.07) is 0.983. The van der Waals surface area contributed by atoms with Gasteiger partial charge in [0.15, 0.2) is 23.0 Å². The van der Waals surface area contributed by atoms with Crippen LogP contribution in [-0.2, 0) is 0 Å². The van der Waals surface area contributed by atoms with Gasteiger partial charge in [-0.25, -0.2) is 8.78 Å². The molecule has 5 heteroatoms. The van der Waals surface area contributed by atoms with Crippen LogP contribution in [-0.4, -0.2) is 7.11 Å². The van der Waals surface area contributed by atoms with Crippen LogP contribution in [0.1, 0.15) is 5.76 Å². The Hall–Kier alpha value is -0.850. The van der Waals surface area contributed by atoms with Gasteiger partial charge in [-0.2, -0.15) is 0 Å². The maximum absolute atomic E-state index is 13.5. The molecule has 1 heterocycles. The summed E-state index contributed by atoms with van der Waals surface area (Å²) in [6.07, 6.45) is 0. The third kappa shape index (κ3) is 1.49. The summed E-state index contributed by atoms with van der Waals surface area (Å²) in [5, 5.41) is 0.143. The van der Waals surface area contributed by atoms with Gasteiger partial charge in [-0.1, -0.05) is 0 Å². The predicted octanol–water partition coefficient (Wildman–Crippen LogP) is 3.63. The van der Waals surface area contributed by atoms with E-state index in [0.29, 0.717) is 9.33 Å². The average molecular weight is 324 g/mol. The van der Waals surface area contributed by atoms with E-state index in [9.17, 15) is 8.78 Å². The summed E-state index contributed by atoms with van der Waals surface area (Å²) >= 11 is 1.92. The van der Waals surface area contributed by atoms with Gasteiger partial charge in [-0.15, -0.1) is 0 Å². The molecule has 0 unspecified atom stereocenters. The van der Waals surface area contributed by atoms with E-state index >= 15 is 0 Å². The lowest BCUT2D eigenvalue weighted by Gasteiger charge is -2.01. The molecule has 0 saturated heterocycles. The van der Waals surface area contributed by atoms with Crippen LogP contribution in [0.4, 0.5) is 8.78 Å². The van der Waals surface area contributed by atoms with Crippen molar-refractivity contribution in [1.82, 2.24) is 0 Å². The van der Waals surface area contributed by atoms with E-state index in [0.717, 1.165) is 6.07 Å². The minimum atomic E-state index is -0.932. The number of furan rings is 1. The highest BCUT2D eigenvalue weighted by Crippen LogP contribution is 2.36. The molecule has 0 saturated carbocycles. The smallest absolute Gasteiger partial charge is 0.180 e. The first-order valence-electron chi connectivity index (χ1n) is 4.16. The minimum Gasteiger partial charge on any atom is -0.493 e. The van der Waals surface area contributed by atoms with Crippen LogP contribution >= 0.6 is 22.6 Å². The molecule has 1 aromatic carbocycles. The molecule has 15 heavy (non-hydrogen) atoms. The van der Waals surface area contributed by atoms with Crippen LogP contribution < -0.4 is 4.74 Å². The highest BCUT2D eigenvalue weighted by atomic mass is 127. The summed E-state index contributed by atoms with van der Waals surface area (Å²) in [4.78, 5) is 0. The lowest BCUT2D eigenvalue weighted by atomic mass is 10.2. The lowest BCUT2D eigenvalue weighted by Crippen LogP contribution is -1.90. The molecule has 0 aliphatic heterocycles. The third-order valence-corrected chi connectivity index (χ3v) is 3.44. The number of rotatable bonds is 1. The maximum atomic E-state index is 13.5. The van der Waals surface area contributed by atoms with Gasteiger partial charge in [-0.05, 0) is 29.5 Å². The molecule has 0 spiro atoms. The monoisotopic (exact) mass is 324 g/mol. The van der Waals surface area contributed by atoms with Crippen molar-refractivity contribution in [3.05, 3.63) is 27.0 Å². The number of methoxy groups -OCH3 is 1. The Balaban J connectivity index is 2.96. The first-order valence-corrected chi connectivity index (χ1v) is 5.24.